The predicted octanol–water partition coefficient (Wildman–Crippen LogP) is 1.16. The number of carboxylic acids is 2. The zero-order valence-corrected chi connectivity index (χ0v) is 9.23. The Morgan fingerprint density at radius 1 is 1.29 bits per heavy atom. The van der Waals surface area contributed by atoms with E-state index in [0.29, 0.717) is 0 Å². The van der Waals surface area contributed by atoms with Crippen molar-refractivity contribution >= 4 is 17.7 Å². The van der Waals surface area contributed by atoms with E-state index in [1.165, 1.54) is 6.92 Å². The summed E-state index contributed by atoms with van der Waals surface area (Å²) in [5, 5.41) is 17.9. The minimum atomic E-state index is -2.43. The van der Waals surface area contributed by atoms with Crippen LogP contribution in [0, 0.1) is 11.3 Å². The average Bonchev–Trinajstić information content (AvgIpc) is 2.16. The number of allylic oxidation sites excluding steroid dienone is 2. The molecule has 92 valence electrons. The second kappa shape index (κ2) is 4.12. The number of rotatable bonds is 3. The zero-order valence-electron chi connectivity index (χ0n) is 9.23. The van der Waals surface area contributed by atoms with Gasteiger partial charge in [-0.2, -0.15) is 0 Å². The lowest BCUT2D eigenvalue weighted by molar-refractivity contribution is -0.155. The largest absolute Gasteiger partial charge is 0.480 e. The van der Waals surface area contributed by atoms with Crippen molar-refractivity contribution in [3.63, 3.8) is 0 Å². The van der Waals surface area contributed by atoms with Crippen molar-refractivity contribution in [1.29, 1.82) is 0 Å². The van der Waals surface area contributed by atoms with Crippen molar-refractivity contribution in [2.24, 2.45) is 11.3 Å². The summed E-state index contributed by atoms with van der Waals surface area (Å²) in [6.07, 6.45) is 1.70. The molecule has 0 radical (unpaired) electrons. The van der Waals surface area contributed by atoms with Crippen LogP contribution in [0.3, 0.4) is 0 Å². The first-order valence-electron chi connectivity index (χ1n) is 4.81. The number of carbonyl (C=O) groups excluding carboxylic acids is 1. The van der Waals surface area contributed by atoms with Gasteiger partial charge in [0.05, 0.1) is 0 Å². The monoisotopic (exact) mass is 242 g/mol. The molecule has 17 heavy (non-hydrogen) atoms. The van der Waals surface area contributed by atoms with E-state index in [-0.39, 0.29) is 5.57 Å². The molecule has 1 rings (SSSR count). The Morgan fingerprint density at radius 3 is 2.18 bits per heavy atom. The molecule has 1 aliphatic carbocycles. The molecule has 0 aromatic carbocycles. The van der Waals surface area contributed by atoms with Crippen molar-refractivity contribution in [1.82, 2.24) is 0 Å². The van der Waals surface area contributed by atoms with Gasteiger partial charge in [-0.1, -0.05) is 6.92 Å². The Kier molecular flexibility index (Phi) is 3.17. The summed E-state index contributed by atoms with van der Waals surface area (Å²) in [7, 11) is 0. The number of ketones is 1. The maximum absolute atomic E-state index is 13.7. The van der Waals surface area contributed by atoms with Crippen LogP contribution in [0.15, 0.2) is 23.6 Å². The molecule has 0 aliphatic heterocycles. The maximum atomic E-state index is 13.7. The summed E-state index contributed by atoms with van der Waals surface area (Å²) >= 11 is 0. The maximum Gasteiger partial charge on any atom is 0.331 e. The van der Waals surface area contributed by atoms with Crippen LogP contribution in [0.2, 0.25) is 0 Å². The number of halogens is 1. The van der Waals surface area contributed by atoms with E-state index in [9.17, 15) is 18.8 Å². The summed E-state index contributed by atoms with van der Waals surface area (Å²) < 4.78 is 13.7. The number of carboxylic acid groups (broad SMARTS) is 2. The van der Waals surface area contributed by atoms with Gasteiger partial charge in [-0.05, 0) is 19.1 Å². The molecular weight excluding hydrogens is 231 g/mol. The SMILES string of the molecule is CC(=O)C1(C(=O)O)C(F)=CC=C(C(=O)O)C1C. The van der Waals surface area contributed by atoms with E-state index in [0.717, 1.165) is 19.1 Å². The van der Waals surface area contributed by atoms with Crippen molar-refractivity contribution in [2.75, 3.05) is 0 Å². The minimum absolute atomic E-state index is 0.302. The van der Waals surface area contributed by atoms with Crippen molar-refractivity contribution in [3.8, 4) is 0 Å². The first-order chi connectivity index (χ1) is 7.76. The Labute approximate surface area is 96.2 Å². The molecule has 2 unspecified atom stereocenters. The molecule has 0 aromatic rings. The standard InChI is InChI=1S/C11H11FO5/c1-5-7(9(14)15)3-4-8(12)11(5,6(2)13)10(16)17/h3-5H,1-2H3,(H,14,15)(H,16,17). The molecule has 0 saturated heterocycles. The van der Waals surface area contributed by atoms with Crippen molar-refractivity contribution in [2.45, 2.75) is 13.8 Å². The Morgan fingerprint density at radius 2 is 1.82 bits per heavy atom. The molecule has 2 N–H and O–H groups in total. The second-order valence-corrected chi connectivity index (χ2v) is 3.83. The molecule has 6 heteroatoms. The highest BCUT2D eigenvalue weighted by atomic mass is 19.1. The summed E-state index contributed by atoms with van der Waals surface area (Å²) in [6.45, 7) is 2.14. The molecule has 0 saturated carbocycles. The molecule has 0 spiro atoms. The quantitative estimate of drug-likeness (QED) is 0.724. The molecule has 2 atom stereocenters. The fourth-order valence-corrected chi connectivity index (χ4v) is 2.05. The van der Waals surface area contributed by atoms with Crippen LogP contribution in [0.5, 0.6) is 0 Å². The first-order valence-corrected chi connectivity index (χ1v) is 4.81. The molecule has 0 aromatic heterocycles. The average molecular weight is 242 g/mol. The topological polar surface area (TPSA) is 91.7 Å². The number of hydrogen-bond donors (Lipinski definition) is 2. The van der Waals surface area contributed by atoms with Gasteiger partial charge in [-0.25, -0.2) is 9.18 Å². The minimum Gasteiger partial charge on any atom is -0.480 e. The number of carbonyl (C=O) groups is 3. The van der Waals surface area contributed by atoms with Crippen molar-refractivity contribution in [3.05, 3.63) is 23.6 Å². The smallest absolute Gasteiger partial charge is 0.331 e. The van der Waals surface area contributed by atoms with Crippen molar-refractivity contribution < 1.29 is 29.0 Å². The van der Waals surface area contributed by atoms with Crippen LogP contribution < -0.4 is 0 Å². The van der Waals surface area contributed by atoms with Gasteiger partial charge in [-0.15, -0.1) is 0 Å². The van der Waals surface area contributed by atoms with Crippen LogP contribution in [0.4, 0.5) is 4.39 Å². The molecule has 0 heterocycles. The molecule has 0 fully saturated rings. The lowest BCUT2D eigenvalue weighted by Crippen LogP contribution is -2.47. The second-order valence-electron chi connectivity index (χ2n) is 3.83. The molecule has 1 aliphatic rings. The van der Waals surface area contributed by atoms with Crippen LogP contribution in [0.1, 0.15) is 13.8 Å². The zero-order chi connectivity index (χ0) is 13.4. The van der Waals surface area contributed by atoms with Gasteiger partial charge in [0.2, 0.25) is 0 Å². The van der Waals surface area contributed by atoms with Crippen LogP contribution >= 0.6 is 0 Å². The highest BCUT2D eigenvalue weighted by Gasteiger charge is 2.55. The molecule has 0 bridgehead atoms. The Hall–Kier alpha value is -1.98. The van der Waals surface area contributed by atoms with Crippen LogP contribution in [0.25, 0.3) is 0 Å². The lowest BCUT2D eigenvalue weighted by atomic mass is 9.66. The first kappa shape index (κ1) is 13.1. The number of hydrogen-bond acceptors (Lipinski definition) is 3. The highest BCUT2D eigenvalue weighted by Crippen LogP contribution is 2.44. The molecular formula is C11H11FO5. The van der Waals surface area contributed by atoms with E-state index in [4.69, 9.17) is 10.2 Å². The normalized spacial score (nSPS) is 28.1. The van der Waals surface area contributed by atoms with Gasteiger partial charge in [0.1, 0.15) is 5.83 Å². The molecule has 5 nitrogen and oxygen atoms in total. The van der Waals surface area contributed by atoms with E-state index in [2.05, 4.69) is 0 Å². The fourth-order valence-electron chi connectivity index (χ4n) is 2.05. The third-order valence-corrected chi connectivity index (χ3v) is 3.04. The van der Waals surface area contributed by atoms with Gasteiger partial charge in [0.15, 0.2) is 11.2 Å². The van der Waals surface area contributed by atoms with E-state index < -0.39 is 34.9 Å². The van der Waals surface area contributed by atoms with E-state index in [1.807, 2.05) is 0 Å². The van der Waals surface area contributed by atoms with Crippen LogP contribution in [-0.2, 0) is 14.4 Å². The van der Waals surface area contributed by atoms with E-state index >= 15 is 0 Å². The van der Waals surface area contributed by atoms with Gasteiger partial charge in [0.25, 0.3) is 0 Å². The summed E-state index contributed by atoms with van der Waals surface area (Å²) in [5.41, 5.74) is -2.73. The molecule has 0 amide bonds. The van der Waals surface area contributed by atoms with Gasteiger partial charge in [-0.3, -0.25) is 9.59 Å². The van der Waals surface area contributed by atoms with E-state index in [1.54, 1.807) is 0 Å². The summed E-state index contributed by atoms with van der Waals surface area (Å²) in [4.78, 5) is 33.5. The highest BCUT2D eigenvalue weighted by molar-refractivity contribution is 6.07. The summed E-state index contributed by atoms with van der Waals surface area (Å²) in [6, 6.07) is 0. The third-order valence-electron chi connectivity index (χ3n) is 3.04. The summed E-state index contributed by atoms with van der Waals surface area (Å²) in [5.74, 6) is -6.39. The number of Topliss-reactive ketones (excluding diaryl/α,β-unsaturated/α-hetero) is 1. The van der Waals surface area contributed by atoms with Gasteiger partial charge in [0, 0.05) is 11.5 Å². The van der Waals surface area contributed by atoms with Crippen LogP contribution in [-0.4, -0.2) is 27.9 Å². The lowest BCUT2D eigenvalue weighted by Gasteiger charge is -2.33. The predicted molar refractivity (Wildman–Crippen MR) is 54.8 cm³/mol. The van der Waals surface area contributed by atoms with Gasteiger partial charge >= 0.3 is 11.9 Å². The number of aliphatic carboxylic acids is 2. The van der Waals surface area contributed by atoms with Gasteiger partial charge < -0.3 is 10.2 Å². The fraction of sp³-hybridized carbons (Fsp3) is 0.364. The third kappa shape index (κ3) is 1.65. The Balaban J connectivity index is 3.49. The Bertz CT molecular complexity index is 446.